The smallest absolute Gasteiger partial charge is 0.343 e. The fourth-order valence-electron chi connectivity index (χ4n) is 5.39. The summed E-state index contributed by atoms with van der Waals surface area (Å²) < 4.78 is 11.2. The van der Waals surface area contributed by atoms with Gasteiger partial charge in [0.15, 0.2) is 11.5 Å². The molecule has 10 heteroatoms. The van der Waals surface area contributed by atoms with Crippen LogP contribution in [0.2, 0.25) is 10.0 Å². The number of aliphatic imine (C=N–C) groups is 2. The molecule has 0 saturated carbocycles. The molecule has 5 aromatic rings. The van der Waals surface area contributed by atoms with Crippen LogP contribution < -0.4 is 9.47 Å². The first-order chi connectivity index (χ1) is 27.3. The minimum absolute atomic E-state index is 0.00207. The Labute approximate surface area is 349 Å². The molecule has 5 rings (SSSR count). The average molecular weight is 826 g/mol. The molecule has 0 aromatic heterocycles. The topological polar surface area (TPSA) is 77.3 Å². The standard InChI is InChI=1S/C46H46Cl2N2O4S2/c1-3-5-7-9-27-55-39-23-19-37(20-24-39)49-31-33-11-15-35(16-12-33)45(51)53-43-30-44(42(48)29-41(43)47)54-46(52)36-17-13-34(14-18-36)32-50-38-21-25-40(26-22-38)56-28-10-8-6-4-2/h11-26,29-32H,3-10,27-28H2,1-2H3. The maximum absolute atomic E-state index is 13.0. The SMILES string of the molecule is CCCCCCSc1ccc(N=Cc2ccc(C(=O)Oc3cc(OC(=O)c4ccc(C=Nc5ccc(SCCCCCC)cc5)cc4)c(Cl)cc3Cl)cc2)cc1. The van der Waals surface area contributed by atoms with Crippen molar-refractivity contribution in [1.29, 1.82) is 0 Å². The second kappa shape index (κ2) is 23.0. The molecule has 0 aliphatic rings. The number of rotatable bonds is 20. The van der Waals surface area contributed by atoms with E-state index in [1.165, 1.54) is 73.3 Å². The average Bonchev–Trinajstić information content (AvgIpc) is 3.22. The number of unbranched alkanes of at least 4 members (excludes halogenated alkanes) is 6. The summed E-state index contributed by atoms with van der Waals surface area (Å²) in [7, 11) is 0. The van der Waals surface area contributed by atoms with Crippen molar-refractivity contribution < 1.29 is 19.1 Å². The molecular weight excluding hydrogens is 780 g/mol. The molecule has 0 atom stereocenters. The highest BCUT2D eigenvalue weighted by atomic mass is 35.5. The molecule has 0 aliphatic carbocycles. The van der Waals surface area contributed by atoms with Crippen LogP contribution in [0.3, 0.4) is 0 Å². The first-order valence-corrected chi connectivity index (χ1v) is 21.7. The summed E-state index contributed by atoms with van der Waals surface area (Å²) in [6.45, 7) is 4.45. The van der Waals surface area contributed by atoms with Gasteiger partial charge in [0.1, 0.15) is 0 Å². The molecule has 0 unspecified atom stereocenters. The third-order valence-corrected chi connectivity index (χ3v) is 11.4. The number of benzene rings is 5. The van der Waals surface area contributed by atoms with Crippen molar-refractivity contribution in [2.24, 2.45) is 9.98 Å². The van der Waals surface area contributed by atoms with Gasteiger partial charge < -0.3 is 9.47 Å². The number of halogens is 2. The van der Waals surface area contributed by atoms with Crippen molar-refractivity contribution in [2.75, 3.05) is 11.5 Å². The predicted octanol–water partition coefficient (Wildman–Crippen LogP) is 14.3. The van der Waals surface area contributed by atoms with Crippen molar-refractivity contribution in [1.82, 2.24) is 0 Å². The van der Waals surface area contributed by atoms with Crippen LogP contribution in [0.5, 0.6) is 11.5 Å². The summed E-state index contributed by atoms with van der Waals surface area (Å²) >= 11 is 16.5. The maximum atomic E-state index is 13.0. The van der Waals surface area contributed by atoms with E-state index < -0.39 is 11.9 Å². The van der Waals surface area contributed by atoms with Gasteiger partial charge in [-0.1, -0.05) is 99.8 Å². The molecule has 0 saturated heterocycles. The lowest BCUT2D eigenvalue weighted by Crippen LogP contribution is -2.11. The third-order valence-electron chi connectivity index (χ3n) is 8.62. The number of hydrogen-bond donors (Lipinski definition) is 0. The molecule has 6 nitrogen and oxygen atoms in total. The van der Waals surface area contributed by atoms with E-state index in [1.54, 1.807) is 61.0 Å². The van der Waals surface area contributed by atoms with Crippen LogP contribution in [-0.2, 0) is 0 Å². The summed E-state index contributed by atoms with van der Waals surface area (Å²) in [5.74, 6) is 0.977. The van der Waals surface area contributed by atoms with Crippen molar-refractivity contribution in [2.45, 2.75) is 75.0 Å². The fraction of sp³-hybridized carbons (Fsp3) is 0.261. The molecule has 0 heterocycles. The second-order valence-corrected chi connectivity index (χ2v) is 16.2. The largest absolute Gasteiger partial charge is 0.421 e. The monoisotopic (exact) mass is 824 g/mol. The summed E-state index contributed by atoms with van der Waals surface area (Å²) in [5, 5.41) is 0.180. The predicted molar refractivity (Wildman–Crippen MR) is 236 cm³/mol. The summed E-state index contributed by atoms with van der Waals surface area (Å²) in [6.07, 6.45) is 13.6. The number of carbonyl (C=O) groups excluding carboxylic acids is 2. The van der Waals surface area contributed by atoms with E-state index in [0.717, 1.165) is 34.0 Å². The van der Waals surface area contributed by atoms with Crippen LogP contribution in [0.25, 0.3) is 0 Å². The van der Waals surface area contributed by atoms with Gasteiger partial charge >= 0.3 is 11.9 Å². The van der Waals surface area contributed by atoms with Gasteiger partial charge in [-0.15, -0.1) is 23.5 Å². The van der Waals surface area contributed by atoms with E-state index in [0.29, 0.717) is 11.1 Å². The lowest BCUT2D eigenvalue weighted by molar-refractivity contribution is 0.0733. The lowest BCUT2D eigenvalue weighted by Gasteiger charge is -2.11. The zero-order valence-electron chi connectivity index (χ0n) is 31.7. The fourth-order valence-corrected chi connectivity index (χ4v) is 7.67. The van der Waals surface area contributed by atoms with Crippen LogP contribution in [0.15, 0.2) is 129 Å². The Kier molecular flexibility index (Phi) is 17.6. The highest BCUT2D eigenvalue weighted by molar-refractivity contribution is 7.99. The van der Waals surface area contributed by atoms with Gasteiger partial charge in [-0.25, -0.2) is 9.59 Å². The van der Waals surface area contributed by atoms with Crippen LogP contribution in [-0.4, -0.2) is 35.9 Å². The molecule has 290 valence electrons. The Bertz CT molecular complexity index is 1920. The zero-order valence-corrected chi connectivity index (χ0v) is 34.9. The number of hydrogen-bond acceptors (Lipinski definition) is 8. The van der Waals surface area contributed by atoms with Crippen LogP contribution in [0.1, 0.15) is 97.1 Å². The van der Waals surface area contributed by atoms with Gasteiger partial charge in [0.2, 0.25) is 0 Å². The normalized spacial score (nSPS) is 11.4. The zero-order chi connectivity index (χ0) is 39.5. The molecule has 0 radical (unpaired) electrons. The first-order valence-electron chi connectivity index (χ1n) is 19.0. The van der Waals surface area contributed by atoms with Crippen molar-refractivity contribution in [3.63, 3.8) is 0 Å². The van der Waals surface area contributed by atoms with E-state index in [9.17, 15) is 9.59 Å². The Hall–Kier alpha value is -4.34. The number of thioether (sulfide) groups is 2. The minimum atomic E-state index is -0.636. The van der Waals surface area contributed by atoms with Gasteiger partial charge in [0.05, 0.1) is 32.5 Å². The van der Waals surface area contributed by atoms with Crippen molar-refractivity contribution in [3.05, 3.63) is 141 Å². The molecule has 0 amide bonds. The Morgan fingerprint density at radius 1 is 0.536 bits per heavy atom. The lowest BCUT2D eigenvalue weighted by atomic mass is 10.1. The number of ether oxygens (including phenoxy) is 2. The second-order valence-electron chi connectivity index (χ2n) is 13.1. The molecule has 5 aromatic carbocycles. The van der Waals surface area contributed by atoms with Crippen molar-refractivity contribution in [3.8, 4) is 11.5 Å². The highest BCUT2D eigenvalue weighted by Gasteiger charge is 2.18. The van der Waals surface area contributed by atoms with Gasteiger partial charge in [0.25, 0.3) is 0 Å². The molecule has 56 heavy (non-hydrogen) atoms. The maximum Gasteiger partial charge on any atom is 0.343 e. The quantitative estimate of drug-likeness (QED) is 0.0256. The van der Waals surface area contributed by atoms with Gasteiger partial charge in [-0.2, -0.15) is 0 Å². The number of esters is 2. The first kappa shape index (κ1) is 42.8. The van der Waals surface area contributed by atoms with Gasteiger partial charge in [-0.05, 0) is 114 Å². The molecular formula is C46H46Cl2N2O4S2. The van der Waals surface area contributed by atoms with Crippen molar-refractivity contribution >= 4 is 82.5 Å². The Morgan fingerprint density at radius 3 is 1.30 bits per heavy atom. The van der Waals surface area contributed by atoms with E-state index in [1.807, 2.05) is 47.8 Å². The van der Waals surface area contributed by atoms with E-state index >= 15 is 0 Å². The van der Waals surface area contributed by atoms with Crippen LogP contribution in [0, 0.1) is 0 Å². The third kappa shape index (κ3) is 14.0. The van der Waals surface area contributed by atoms with Crippen LogP contribution in [0.4, 0.5) is 11.4 Å². The number of nitrogens with zero attached hydrogens (tertiary/aromatic N) is 2. The van der Waals surface area contributed by atoms with Gasteiger partial charge in [-0.3, -0.25) is 9.98 Å². The molecule has 0 fully saturated rings. The summed E-state index contributed by atoms with van der Waals surface area (Å²) in [5.41, 5.74) is 3.95. The Morgan fingerprint density at radius 2 is 0.929 bits per heavy atom. The van der Waals surface area contributed by atoms with E-state index in [4.69, 9.17) is 32.7 Å². The molecule has 0 aliphatic heterocycles. The Balaban J connectivity index is 1.12. The van der Waals surface area contributed by atoms with E-state index in [-0.39, 0.29) is 21.5 Å². The molecule has 0 spiro atoms. The van der Waals surface area contributed by atoms with Crippen LogP contribution >= 0.6 is 46.7 Å². The molecule has 0 N–H and O–H groups in total. The highest BCUT2D eigenvalue weighted by Crippen LogP contribution is 2.37. The minimum Gasteiger partial charge on any atom is -0.421 e. The van der Waals surface area contributed by atoms with Gasteiger partial charge in [0, 0.05) is 28.3 Å². The summed E-state index contributed by atoms with van der Waals surface area (Å²) in [6, 6.07) is 32.8. The van der Waals surface area contributed by atoms with E-state index in [2.05, 4.69) is 48.1 Å². The molecule has 0 bridgehead atoms. The number of carbonyl (C=O) groups is 2. The summed E-state index contributed by atoms with van der Waals surface area (Å²) in [4.78, 5) is 37.7.